The molecular formula is C11H14ClN3O3. The molecule has 1 aromatic heterocycles. The van der Waals surface area contributed by atoms with Crippen molar-refractivity contribution in [2.45, 2.75) is 18.9 Å². The first-order valence-electron chi connectivity index (χ1n) is 5.72. The minimum absolute atomic E-state index is 0.0158. The minimum atomic E-state index is -0.506. The summed E-state index contributed by atoms with van der Waals surface area (Å²) in [5, 5.41) is 11.1. The van der Waals surface area contributed by atoms with Crippen molar-refractivity contribution in [1.29, 1.82) is 0 Å². The van der Waals surface area contributed by atoms with Gasteiger partial charge in [-0.2, -0.15) is 4.98 Å². The van der Waals surface area contributed by atoms with Gasteiger partial charge in [-0.15, -0.1) is 0 Å². The van der Waals surface area contributed by atoms with Crippen molar-refractivity contribution in [2.24, 2.45) is 0 Å². The summed E-state index contributed by atoms with van der Waals surface area (Å²) in [4.78, 5) is 16.4. The maximum atomic E-state index is 10.9. The Kier molecular flexibility index (Phi) is 3.98. The highest BCUT2D eigenvalue weighted by molar-refractivity contribution is 6.29. The fourth-order valence-corrected chi connectivity index (χ4v) is 2.04. The van der Waals surface area contributed by atoms with Gasteiger partial charge in [0.15, 0.2) is 0 Å². The average molecular weight is 272 g/mol. The second-order valence-corrected chi connectivity index (χ2v) is 4.72. The number of pyridine rings is 1. The summed E-state index contributed by atoms with van der Waals surface area (Å²) >= 11 is 5.74. The van der Waals surface area contributed by atoms with Crippen LogP contribution in [0.25, 0.3) is 0 Å². The van der Waals surface area contributed by atoms with E-state index < -0.39 is 4.92 Å². The van der Waals surface area contributed by atoms with Crippen LogP contribution in [-0.2, 0) is 0 Å². The Morgan fingerprint density at radius 2 is 2.17 bits per heavy atom. The molecule has 0 spiro atoms. The molecule has 2 heterocycles. The number of ether oxygens (including phenoxy) is 1. The Hall–Kier alpha value is -1.40. The molecule has 6 nitrogen and oxygen atoms in total. The molecule has 1 aliphatic heterocycles. The quantitative estimate of drug-likeness (QED) is 0.478. The van der Waals surface area contributed by atoms with Crippen LogP contribution in [0.4, 0.5) is 5.69 Å². The lowest BCUT2D eigenvalue weighted by Crippen LogP contribution is -2.35. The standard InChI is InChI=1S/C11H14ClN3O3/c1-14-6-4-8(5-7-14)18-11-9(15(16)17)2-3-10(12)13-11/h2-3,8H,4-7H2,1H3. The molecule has 0 saturated carbocycles. The third-order valence-corrected chi connectivity index (χ3v) is 3.16. The zero-order valence-corrected chi connectivity index (χ0v) is 10.8. The molecule has 0 aliphatic carbocycles. The summed E-state index contributed by atoms with van der Waals surface area (Å²) < 4.78 is 5.61. The van der Waals surface area contributed by atoms with Gasteiger partial charge in [0.1, 0.15) is 11.3 Å². The summed E-state index contributed by atoms with van der Waals surface area (Å²) in [6, 6.07) is 2.71. The third kappa shape index (κ3) is 3.08. The van der Waals surface area contributed by atoms with E-state index in [1.807, 2.05) is 7.05 Å². The molecule has 0 amide bonds. The molecule has 1 fully saturated rings. The van der Waals surface area contributed by atoms with E-state index in [1.54, 1.807) is 0 Å². The first-order valence-corrected chi connectivity index (χ1v) is 6.10. The van der Waals surface area contributed by atoms with Gasteiger partial charge >= 0.3 is 5.69 Å². The number of hydrogen-bond donors (Lipinski definition) is 0. The van der Waals surface area contributed by atoms with Gasteiger partial charge < -0.3 is 9.64 Å². The average Bonchev–Trinajstić information content (AvgIpc) is 2.32. The van der Waals surface area contributed by atoms with Crippen molar-refractivity contribution in [3.8, 4) is 5.88 Å². The highest BCUT2D eigenvalue weighted by atomic mass is 35.5. The van der Waals surface area contributed by atoms with Crippen LogP contribution in [0.15, 0.2) is 12.1 Å². The lowest BCUT2D eigenvalue weighted by molar-refractivity contribution is -0.386. The highest BCUT2D eigenvalue weighted by Gasteiger charge is 2.24. The van der Waals surface area contributed by atoms with Crippen LogP contribution in [0.3, 0.4) is 0 Å². The lowest BCUT2D eigenvalue weighted by Gasteiger charge is -2.28. The van der Waals surface area contributed by atoms with Crippen molar-refractivity contribution in [3.63, 3.8) is 0 Å². The van der Waals surface area contributed by atoms with Crippen molar-refractivity contribution in [2.75, 3.05) is 20.1 Å². The van der Waals surface area contributed by atoms with E-state index in [0.29, 0.717) is 0 Å². The fraction of sp³-hybridized carbons (Fsp3) is 0.545. The Labute approximate surface area is 110 Å². The van der Waals surface area contributed by atoms with Crippen molar-refractivity contribution < 1.29 is 9.66 Å². The van der Waals surface area contributed by atoms with Crippen LogP contribution < -0.4 is 4.74 Å². The van der Waals surface area contributed by atoms with Crippen molar-refractivity contribution in [3.05, 3.63) is 27.4 Å². The maximum absolute atomic E-state index is 10.9. The van der Waals surface area contributed by atoms with Crippen molar-refractivity contribution >= 4 is 17.3 Å². The van der Waals surface area contributed by atoms with Gasteiger partial charge in [-0.25, -0.2) is 0 Å². The molecule has 1 saturated heterocycles. The fourth-order valence-electron chi connectivity index (χ4n) is 1.90. The molecule has 0 N–H and O–H groups in total. The Bertz CT molecular complexity index is 447. The minimum Gasteiger partial charge on any atom is -0.469 e. The zero-order valence-electron chi connectivity index (χ0n) is 10.0. The topological polar surface area (TPSA) is 68.5 Å². The molecular weight excluding hydrogens is 258 g/mol. The van der Waals surface area contributed by atoms with E-state index in [2.05, 4.69) is 9.88 Å². The second-order valence-electron chi connectivity index (χ2n) is 4.34. The SMILES string of the molecule is CN1CCC(Oc2nc(Cl)ccc2[N+](=O)[O-])CC1. The van der Waals surface area contributed by atoms with E-state index in [-0.39, 0.29) is 22.8 Å². The largest absolute Gasteiger partial charge is 0.469 e. The monoisotopic (exact) mass is 271 g/mol. The van der Waals surface area contributed by atoms with Gasteiger partial charge in [-0.1, -0.05) is 11.6 Å². The summed E-state index contributed by atoms with van der Waals surface area (Å²) in [5.41, 5.74) is -0.140. The Balaban J connectivity index is 2.12. The number of aromatic nitrogens is 1. The molecule has 0 radical (unpaired) electrons. The number of nitro groups is 1. The van der Waals surface area contributed by atoms with Gasteiger partial charge in [0.25, 0.3) is 5.88 Å². The Morgan fingerprint density at radius 3 is 2.78 bits per heavy atom. The number of halogens is 1. The van der Waals surface area contributed by atoms with Crippen LogP contribution in [0, 0.1) is 10.1 Å². The van der Waals surface area contributed by atoms with E-state index in [1.165, 1.54) is 12.1 Å². The molecule has 7 heteroatoms. The van der Waals surface area contributed by atoms with Gasteiger partial charge in [0.05, 0.1) is 4.92 Å². The Morgan fingerprint density at radius 1 is 1.50 bits per heavy atom. The second kappa shape index (κ2) is 5.49. The third-order valence-electron chi connectivity index (χ3n) is 2.95. The van der Waals surface area contributed by atoms with Crippen LogP contribution in [0.5, 0.6) is 5.88 Å². The van der Waals surface area contributed by atoms with E-state index in [0.717, 1.165) is 25.9 Å². The summed E-state index contributed by atoms with van der Waals surface area (Å²) in [6.07, 6.45) is 1.63. The summed E-state index contributed by atoms with van der Waals surface area (Å²) in [6.45, 7) is 1.83. The first kappa shape index (κ1) is 13.0. The molecule has 98 valence electrons. The molecule has 18 heavy (non-hydrogen) atoms. The smallest absolute Gasteiger partial charge is 0.331 e. The van der Waals surface area contributed by atoms with Gasteiger partial charge in [-0.3, -0.25) is 10.1 Å². The summed E-state index contributed by atoms with van der Waals surface area (Å²) in [7, 11) is 2.04. The van der Waals surface area contributed by atoms with Crippen LogP contribution >= 0.6 is 11.6 Å². The first-order chi connectivity index (χ1) is 8.56. The van der Waals surface area contributed by atoms with Crippen LogP contribution in [-0.4, -0.2) is 41.0 Å². The molecule has 0 atom stereocenters. The maximum Gasteiger partial charge on any atom is 0.331 e. The zero-order chi connectivity index (χ0) is 13.1. The normalized spacial score (nSPS) is 17.7. The van der Waals surface area contributed by atoms with E-state index >= 15 is 0 Å². The van der Waals surface area contributed by atoms with Crippen molar-refractivity contribution in [1.82, 2.24) is 9.88 Å². The number of nitrogens with zero attached hydrogens (tertiary/aromatic N) is 3. The molecule has 1 aromatic rings. The molecule has 2 rings (SSSR count). The molecule has 0 aromatic carbocycles. The number of likely N-dealkylation sites (tertiary alicyclic amines) is 1. The van der Waals surface area contributed by atoms with Crippen LogP contribution in [0.2, 0.25) is 5.15 Å². The highest BCUT2D eigenvalue weighted by Crippen LogP contribution is 2.28. The summed E-state index contributed by atoms with van der Waals surface area (Å²) in [5.74, 6) is 0.0158. The molecule has 0 bridgehead atoms. The number of piperidine rings is 1. The van der Waals surface area contributed by atoms with Gasteiger partial charge in [0.2, 0.25) is 0 Å². The predicted octanol–water partition coefficient (Wildman–Crippen LogP) is 2.12. The molecule has 1 aliphatic rings. The van der Waals surface area contributed by atoms with Gasteiger partial charge in [-0.05, 0) is 26.0 Å². The van der Waals surface area contributed by atoms with E-state index in [9.17, 15) is 10.1 Å². The lowest BCUT2D eigenvalue weighted by atomic mass is 10.1. The van der Waals surface area contributed by atoms with Gasteiger partial charge in [0, 0.05) is 19.2 Å². The number of hydrogen-bond acceptors (Lipinski definition) is 5. The number of rotatable bonds is 3. The van der Waals surface area contributed by atoms with E-state index in [4.69, 9.17) is 16.3 Å². The van der Waals surface area contributed by atoms with Crippen LogP contribution in [0.1, 0.15) is 12.8 Å². The predicted molar refractivity (Wildman–Crippen MR) is 67.0 cm³/mol. The molecule has 0 unspecified atom stereocenters.